The minimum Gasteiger partial charge on any atom is -0.376 e. The molecular weight excluding hydrogens is 200 g/mol. The molecule has 2 heteroatoms. The lowest BCUT2D eigenvalue weighted by Crippen LogP contribution is -2.52. The summed E-state index contributed by atoms with van der Waals surface area (Å²) in [5.74, 6) is 0. The second-order valence-electron chi connectivity index (χ2n) is 4.81. The quantitative estimate of drug-likeness (QED) is 0.762. The number of ether oxygens (including phenoxy) is 2. The fourth-order valence-electron chi connectivity index (χ4n) is 1.73. The normalized spacial score (nSPS) is 15.8. The van der Waals surface area contributed by atoms with Crippen LogP contribution in [0.1, 0.15) is 26.3 Å². The van der Waals surface area contributed by atoms with E-state index in [0.29, 0.717) is 0 Å². The van der Waals surface area contributed by atoms with Crippen LogP contribution in [-0.2, 0) is 15.9 Å². The Balaban J connectivity index is 2.91. The van der Waals surface area contributed by atoms with Crippen molar-refractivity contribution in [1.29, 1.82) is 0 Å². The van der Waals surface area contributed by atoms with E-state index in [1.165, 1.54) is 5.56 Å². The van der Waals surface area contributed by atoms with Crippen LogP contribution in [0.2, 0.25) is 0 Å². The fraction of sp³-hybridized carbons (Fsp3) is 0.571. The Kier molecular flexibility index (Phi) is 4.11. The van der Waals surface area contributed by atoms with E-state index < -0.39 is 0 Å². The van der Waals surface area contributed by atoms with E-state index in [4.69, 9.17) is 9.47 Å². The topological polar surface area (TPSA) is 18.5 Å². The summed E-state index contributed by atoms with van der Waals surface area (Å²) in [6, 6.07) is 10.3. The number of hydrogen-bond donors (Lipinski definition) is 0. The first-order chi connectivity index (χ1) is 7.45. The molecule has 0 aliphatic carbocycles. The number of benzene rings is 1. The SMILES string of the molecule is COC(C)(C)C(C)(Cc1ccccc1)OC. The van der Waals surface area contributed by atoms with Crippen molar-refractivity contribution in [2.45, 2.75) is 38.4 Å². The van der Waals surface area contributed by atoms with E-state index in [-0.39, 0.29) is 11.2 Å². The number of hydrogen-bond acceptors (Lipinski definition) is 2. The fourth-order valence-corrected chi connectivity index (χ4v) is 1.73. The largest absolute Gasteiger partial charge is 0.376 e. The molecule has 0 radical (unpaired) electrons. The highest BCUT2D eigenvalue weighted by atomic mass is 16.5. The highest BCUT2D eigenvalue weighted by Crippen LogP contribution is 2.31. The highest BCUT2D eigenvalue weighted by Gasteiger charge is 2.41. The predicted molar refractivity (Wildman–Crippen MR) is 66.6 cm³/mol. The van der Waals surface area contributed by atoms with E-state index in [0.717, 1.165) is 6.42 Å². The Hall–Kier alpha value is -0.860. The maximum Gasteiger partial charge on any atom is 0.0973 e. The van der Waals surface area contributed by atoms with Crippen molar-refractivity contribution in [2.75, 3.05) is 14.2 Å². The Bertz CT molecular complexity index is 319. The van der Waals surface area contributed by atoms with Gasteiger partial charge in [-0.05, 0) is 26.3 Å². The first kappa shape index (κ1) is 13.2. The lowest BCUT2D eigenvalue weighted by atomic mass is 9.82. The van der Waals surface area contributed by atoms with E-state index >= 15 is 0 Å². The van der Waals surface area contributed by atoms with Gasteiger partial charge in [0.2, 0.25) is 0 Å². The summed E-state index contributed by atoms with van der Waals surface area (Å²) < 4.78 is 11.2. The molecule has 0 saturated heterocycles. The molecule has 0 spiro atoms. The van der Waals surface area contributed by atoms with Crippen LogP contribution in [0.15, 0.2) is 30.3 Å². The van der Waals surface area contributed by atoms with Gasteiger partial charge in [-0.1, -0.05) is 30.3 Å². The maximum absolute atomic E-state index is 5.67. The van der Waals surface area contributed by atoms with Gasteiger partial charge >= 0.3 is 0 Å². The molecule has 1 rings (SSSR count). The van der Waals surface area contributed by atoms with Crippen LogP contribution < -0.4 is 0 Å². The summed E-state index contributed by atoms with van der Waals surface area (Å²) in [7, 11) is 3.46. The van der Waals surface area contributed by atoms with Gasteiger partial charge in [-0.15, -0.1) is 0 Å². The van der Waals surface area contributed by atoms with Gasteiger partial charge in [0.1, 0.15) is 0 Å². The Morgan fingerprint density at radius 1 is 0.938 bits per heavy atom. The second-order valence-corrected chi connectivity index (χ2v) is 4.81. The third kappa shape index (κ3) is 2.63. The van der Waals surface area contributed by atoms with Gasteiger partial charge in [0.15, 0.2) is 0 Å². The Morgan fingerprint density at radius 3 is 1.94 bits per heavy atom. The molecule has 1 aromatic rings. The number of methoxy groups -OCH3 is 2. The molecule has 1 atom stereocenters. The zero-order chi connectivity index (χ0) is 12.2. The summed E-state index contributed by atoms with van der Waals surface area (Å²) in [4.78, 5) is 0. The third-order valence-corrected chi connectivity index (χ3v) is 3.62. The van der Waals surface area contributed by atoms with Crippen molar-refractivity contribution in [3.05, 3.63) is 35.9 Å². The van der Waals surface area contributed by atoms with E-state index in [1.54, 1.807) is 14.2 Å². The summed E-state index contributed by atoms with van der Waals surface area (Å²) in [5.41, 5.74) is 0.609. The van der Waals surface area contributed by atoms with Crippen LogP contribution in [0.25, 0.3) is 0 Å². The molecule has 0 bridgehead atoms. The molecule has 0 aliphatic heterocycles. The molecular formula is C14H22O2. The Morgan fingerprint density at radius 2 is 1.50 bits per heavy atom. The van der Waals surface area contributed by atoms with Gasteiger partial charge in [-0.25, -0.2) is 0 Å². The first-order valence-electron chi connectivity index (χ1n) is 5.59. The van der Waals surface area contributed by atoms with Crippen LogP contribution in [-0.4, -0.2) is 25.4 Å². The zero-order valence-electron chi connectivity index (χ0n) is 10.9. The maximum atomic E-state index is 5.67. The van der Waals surface area contributed by atoms with E-state index in [2.05, 4.69) is 32.9 Å². The molecule has 1 aromatic carbocycles. The van der Waals surface area contributed by atoms with Crippen LogP contribution >= 0.6 is 0 Å². The molecule has 0 saturated carbocycles. The van der Waals surface area contributed by atoms with Crippen LogP contribution in [0, 0.1) is 0 Å². The average molecular weight is 222 g/mol. The molecule has 0 aliphatic rings. The molecule has 1 unspecified atom stereocenters. The first-order valence-corrected chi connectivity index (χ1v) is 5.59. The number of rotatable bonds is 5. The van der Waals surface area contributed by atoms with Crippen molar-refractivity contribution in [2.24, 2.45) is 0 Å². The van der Waals surface area contributed by atoms with Crippen LogP contribution in [0.4, 0.5) is 0 Å². The van der Waals surface area contributed by atoms with Crippen molar-refractivity contribution < 1.29 is 9.47 Å². The average Bonchev–Trinajstić information content (AvgIpc) is 2.30. The van der Waals surface area contributed by atoms with Crippen LogP contribution in [0.5, 0.6) is 0 Å². The third-order valence-electron chi connectivity index (χ3n) is 3.62. The highest BCUT2D eigenvalue weighted by molar-refractivity contribution is 5.18. The molecule has 0 amide bonds. The minimum atomic E-state index is -0.330. The van der Waals surface area contributed by atoms with Gasteiger partial charge in [0, 0.05) is 20.6 Å². The monoisotopic (exact) mass is 222 g/mol. The predicted octanol–water partition coefficient (Wildman–Crippen LogP) is 3.06. The molecule has 0 N–H and O–H groups in total. The summed E-state index contributed by atoms with van der Waals surface area (Å²) in [5, 5.41) is 0. The second kappa shape index (κ2) is 4.98. The summed E-state index contributed by atoms with van der Waals surface area (Å²) in [6.07, 6.45) is 0.838. The lowest BCUT2D eigenvalue weighted by molar-refractivity contribution is -0.157. The van der Waals surface area contributed by atoms with Gasteiger partial charge < -0.3 is 9.47 Å². The van der Waals surface area contributed by atoms with Crippen molar-refractivity contribution >= 4 is 0 Å². The van der Waals surface area contributed by atoms with E-state index in [9.17, 15) is 0 Å². The van der Waals surface area contributed by atoms with Crippen molar-refractivity contribution in [1.82, 2.24) is 0 Å². The summed E-state index contributed by atoms with van der Waals surface area (Å²) >= 11 is 0. The van der Waals surface area contributed by atoms with Gasteiger partial charge in [-0.3, -0.25) is 0 Å². The molecule has 2 nitrogen and oxygen atoms in total. The minimum absolute atomic E-state index is 0.322. The lowest BCUT2D eigenvalue weighted by Gasteiger charge is -2.42. The van der Waals surface area contributed by atoms with Crippen molar-refractivity contribution in [3.8, 4) is 0 Å². The van der Waals surface area contributed by atoms with Gasteiger partial charge in [-0.2, -0.15) is 0 Å². The van der Waals surface area contributed by atoms with Gasteiger partial charge in [0.05, 0.1) is 11.2 Å². The Labute approximate surface area is 98.6 Å². The summed E-state index contributed by atoms with van der Waals surface area (Å²) in [6.45, 7) is 6.20. The van der Waals surface area contributed by atoms with Crippen molar-refractivity contribution in [3.63, 3.8) is 0 Å². The standard InChI is InChI=1S/C14H22O2/c1-13(2,15-4)14(3,16-5)11-12-9-7-6-8-10-12/h6-10H,11H2,1-5H3. The molecule has 0 aromatic heterocycles. The van der Waals surface area contributed by atoms with Crippen LogP contribution in [0.3, 0.4) is 0 Å². The smallest absolute Gasteiger partial charge is 0.0973 e. The van der Waals surface area contributed by atoms with Gasteiger partial charge in [0.25, 0.3) is 0 Å². The van der Waals surface area contributed by atoms with E-state index in [1.807, 2.05) is 18.2 Å². The zero-order valence-corrected chi connectivity index (χ0v) is 10.9. The molecule has 16 heavy (non-hydrogen) atoms. The molecule has 0 fully saturated rings. The molecule has 0 heterocycles. The molecule has 90 valence electrons.